The van der Waals surface area contributed by atoms with Gasteiger partial charge in [0.2, 0.25) is 11.8 Å². The van der Waals surface area contributed by atoms with Crippen LogP contribution < -0.4 is 5.32 Å². The van der Waals surface area contributed by atoms with E-state index >= 15 is 0 Å². The van der Waals surface area contributed by atoms with Gasteiger partial charge in [-0.3, -0.25) is 9.59 Å². The molecule has 2 amide bonds. The van der Waals surface area contributed by atoms with Crippen molar-refractivity contribution in [1.29, 1.82) is 0 Å². The predicted molar refractivity (Wildman–Crippen MR) is 88.9 cm³/mol. The molecule has 2 atom stereocenters. The Bertz CT molecular complexity index is 602. The Labute approximate surface area is 137 Å². The van der Waals surface area contributed by atoms with Crippen LogP contribution in [-0.2, 0) is 16.0 Å². The van der Waals surface area contributed by atoms with Crippen LogP contribution in [0.3, 0.4) is 0 Å². The molecule has 1 saturated heterocycles. The van der Waals surface area contributed by atoms with Crippen LogP contribution in [0.25, 0.3) is 0 Å². The summed E-state index contributed by atoms with van der Waals surface area (Å²) in [6, 6.07) is 8.27. The second-order valence-corrected chi connectivity index (χ2v) is 6.52. The number of nitrogens with zero attached hydrogens (tertiary/aromatic N) is 2. The maximum absolute atomic E-state index is 12.8. The average Bonchev–Trinajstić information content (AvgIpc) is 2.55. The van der Waals surface area contributed by atoms with Gasteiger partial charge in [0.15, 0.2) is 0 Å². The smallest absolute Gasteiger partial charge is 0.225 e. The van der Waals surface area contributed by atoms with Crippen molar-refractivity contribution in [2.45, 2.75) is 38.8 Å². The zero-order valence-corrected chi connectivity index (χ0v) is 13.9. The van der Waals surface area contributed by atoms with Crippen LogP contribution in [0.1, 0.15) is 37.4 Å². The summed E-state index contributed by atoms with van der Waals surface area (Å²) in [5.74, 6) is 0.192. The van der Waals surface area contributed by atoms with Gasteiger partial charge in [-0.25, -0.2) is 0 Å². The molecule has 0 bridgehead atoms. The molecule has 0 spiro atoms. The summed E-state index contributed by atoms with van der Waals surface area (Å²) >= 11 is 0. The van der Waals surface area contributed by atoms with Crippen molar-refractivity contribution >= 4 is 11.8 Å². The van der Waals surface area contributed by atoms with Crippen molar-refractivity contribution in [2.75, 3.05) is 26.2 Å². The predicted octanol–water partition coefficient (Wildman–Crippen LogP) is 1.34. The summed E-state index contributed by atoms with van der Waals surface area (Å²) in [7, 11) is 0. The Morgan fingerprint density at radius 1 is 1.22 bits per heavy atom. The molecule has 2 aliphatic heterocycles. The van der Waals surface area contributed by atoms with Crippen molar-refractivity contribution in [3.63, 3.8) is 0 Å². The first-order valence-corrected chi connectivity index (χ1v) is 8.43. The number of carbonyl (C=O) groups excluding carboxylic acids is 2. The molecular formula is C18H25N3O2. The lowest BCUT2D eigenvalue weighted by Crippen LogP contribution is -2.53. The van der Waals surface area contributed by atoms with Gasteiger partial charge in [0.1, 0.15) is 0 Å². The second-order valence-electron chi connectivity index (χ2n) is 6.52. The summed E-state index contributed by atoms with van der Waals surface area (Å²) in [4.78, 5) is 28.7. The second kappa shape index (κ2) is 6.71. The molecule has 0 saturated carbocycles. The molecule has 0 aromatic heterocycles. The van der Waals surface area contributed by atoms with Crippen molar-refractivity contribution in [3.05, 3.63) is 35.4 Å². The Hall–Kier alpha value is -1.88. The minimum Gasteiger partial charge on any atom is -0.337 e. The number of piperazine rings is 1. The number of hydrogen-bond acceptors (Lipinski definition) is 3. The van der Waals surface area contributed by atoms with E-state index in [1.54, 1.807) is 6.92 Å². The lowest BCUT2D eigenvalue weighted by Gasteiger charge is -2.39. The molecule has 1 aromatic rings. The highest BCUT2D eigenvalue weighted by molar-refractivity contribution is 5.80. The Morgan fingerprint density at radius 3 is 2.74 bits per heavy atom. The number of hydrogen-bond donors (Lipinski definition) is 1. The van der Waals surface area contributed by atoms with Crippen LogP contribution in [0.5, 0.6) is 0 Å². The molecule has 3 rings (SSSR count). The first-order chi connectivity index (χ1) is 11.1. The number of nitrogens with one attached hydrogen (secondary N) is 1. The van der Waals surface area contributed by atoms with Crippen LogP contribution in [0.4, 0.5) is 0 Å². The fraction of sp³-hybridized carbons (Fsp3) is 0.556. The summed E-state index contributed by atoms with van der Waals surface area (Å²) in [5, 5.41) is 3.31. The molecular weight excluding hydrogens is 290 g/mol. The molecule has 124 valence electrons. The number of fused-ring (bicyclic) bond motifs is 1. The first-order valence-electron chi connectivity index (χ1n) is 8.43. The standard InChI is InChI=1S/C18H25N3O2/c1-13-12-19-8-10-20(13)18(23)11-17-16-6-4-3-5-15(16)7-9-21(17)14(2)22/h3-6,13,17,19H,7-12H2,1-2H3/t13-,17?/m0/s1. The first kappa shape index (κ1) is 16.0. The average molecular weight is 315 g/mol. The largest absolute Gasteiger partial charge is 0.337 e. The number of amides is 2. The van der Waals surface area contributed by atoms with Gasteiger partial charge in [0, 0.05) is 39.1 Å². The SMILES string of the molecule is CC(=O)N1CCc2ccccc2C1CC(=O)N1CCNC[C@@H]1C. The minimum atomic E-state index is -0.132. The Kier molecular flexibility index (Phi) is 4.66. The van der Waals surface area contributed by atoms with Crippen molar-refractivity contribution in [3.8, 4) is 0 Å². The summed E-state index contributed by atoms with van der Waals surface area (Å²) in [6.07, 6.45) is 1.24. The van der Waals surface area contributed by atoms with Gasteiger partial charge in [-0.15, -0.1) is 0 Å². The molecule has 1 fully saturated rings. The molecule has 0 aliphatic carbocycles. The quantitative estimate of drug-likeness (QED) is 0.896. The summed E-state index contributed by atoms with van der Waals surface area (Å²) < 4.78 is 0. The number of carbonyl (C=O) groups is 2. The zero-order valence-electron chi connectivity index (χ0n) is 13.9. The molecule has 1 aromatic carbocycles. The van der Waals surface area contributed by atoms with Crippen molar-refractivity contribution in [1.82, 2.24) is 15.1 Å². The highest BCUT2D eigenvalue weighted by Gasteiger charge is 2.33. The highest BCUT2D eigenvalue weighted by Crippen LogP contribution is 2.33. The van der Waals surface area contributed by atoms with E-state index in [0.29, 0.717) is 13.0 Å². The number of benzene rings is 1. The van der Waals surface area contributed by atoms with E-state index in [0.717, 1.165) is 31.6 Å². The van der Waals surface area contributed by atoms with Crippen LogP contribution in [0.2, 0.25) is 0 Å². The van der Waals surface area contributed by atoms with Gasteiger partial charge >= 0.3 is 0 Å². The molecule has 5 heteroatoms. The van der Waals surface area contributed by atoms with Gasteiger partial charge < -0.3 is 15.1 Å². The van der Waals surface area contributed by atoms with Gasteiger partial charge in [0.05, 0.1) is 12.5 Å². The van der Waals surface area contributed by atoms with Gasteiger partial charge in [-0.1, -0.05) is 24.3 Å². The maximum Gasteiger partial charge on any atom is 0.225 e. The monoisotopic (exact) mass is 315 g/mol. The topological polar surface area (TPSA) is 52.7 Å². The molecule has 5 nitrogen and oxygen atoms in total. The fourth-order valence-electron chi connectivity index (χ4n) is 3.74. The third kappa shape index (κ3) is 3.24. The number of rotatable bonds is 2. The summed E-state index contributed by atoms with van der Waals surface area (Å²) in [6.45, 7) is 6.79. The minimum absolute atomic E-state index is 0.0469. The van der Waals surface area contributed by atoms with Gasteiger partial charge in [-0.05, 0) is 24.5 Å². The lowest BCUT2D eigenvalue weighted by molar-refractivity contribution is -0.138. The third-order valence-corrected chi connectivity index (χ3v) is 5.01. The fourth-order valence-corrected chi connectivity index (χ4v) is 3.74. The normalized spacial score (nSPS) is 24.3. The van der Waals surface area contributed by atoms with E-state index in [4.69, 9.17) is 0 Å². The van der Waals surface area contributed by atoms with Crippen LogP contribution in [-0.4, -0.2) is 53.8 Å². The summed E-state index contributed by atoms with van der Waals surface area (Å²) in [5.41, 5.74) is 2.39. The van der Waals surface area contributed by atoms with E-state index in [2.05, 4.69) is 24.4 Å². The zero-order chi connectivity index (χ0) is 16.4. The van der Waals surface area contributed by atoms with Crippen molar-refractivity contribution in [2.24, 2.45) is 0 Å². The maximum atomic E-state index is 12.8. The van der Waals surface area contributed by atoms with E-state index in [9.17, 15) is 9.59 Å². The van der Waals surface area contributed by atoms with Gasteiger partial charge in [0.25, 0.3) is 0 Å². The van der Waals surface area contributed by atoms with Crippen LogP contribution in [0, 0.1) is 0 Å². The highest BCUT2D eigenvalue weighted by atomic mass is 16.2. The molecule has 23 heavy (non-hydrogen) atoms. The lowest BCUT2D eigenvalue weighted by atomic mass is 9.90. The molecule has 0 radical (unpaired) electrons. The van der Waals surface area contributed by atoms with E-state index in [-0.39, 0.29) is 23.9 Å². The Morgan fingerprint density at radius 2 is 2.00 bits per heavy atom. The van der Waals surface area contributed by atoms with Crippen molar-refractivity contribution < 1.29 is 9.59 Å². The van der Waals surface area contributed by atoms with Crippen LogP contribution >= 0.6 is 0 Å². The molecule has 2 heterocycles. The van der Waals surface area contributed by atoms with Crippen LogP contribution in [0.15, 0.2) is 24.3 Å². The van der Waals surface area contributed by atoms with E-state index in [1.165, 1.54) is 5.56 Å². The molecule has 1 N–H and O–H groups in total. The molecule has 1 unspecified atom stereocenters. The van der Waals surface area contributed by atoms with E-state index in [1.807, 2.05) is 21.9 Å². The Balaban J connectivity index is 1.83. The van der Waals surface area contributed by atoms with Gasteiger partial charge in [-0.2, -0.15) is 0 Å². The molecule has 2 aliphatic rings. The third-order valence-electron chi connectivity index (χ3n) is 5.01. The van der Waals surface area contributed by atoms with E-state index < -0.39 is 0 Å².